The van der Waals surface area contributed by atoms with Crippen LogP contribution in [0.5, 0.6) is 5.75 Å². The average molecular weight is 694 g/mol. The standard InChI is InChI=1S/C36H31N5O6S2/c1-3-32(35(44)40-36-39-31(22-48-36)24-14-18-28(47-2)19-15-24)49-29-11-7-10-26(21-29)37-34(43)30(38-33(42)25-8-5-4-6-9-25)20-23-12-16-27(17-13-23)41(45)46/h4-22,32H,3H2,1-2H3,(H,37,43)(H,38,42)(H,39,40,44)/b30-20+. The van der Waals surface area contributed by atoms with E-state index in [-0.39, 0.29) is 17.3 Å². The molecule has 0 aliphatic rings. The molecule has 0 bridgehead atoms. The Hall–Kier alpha value is -5.79. The smallest absolute Gasteiger partial charge is 0.272 e. The molecular weight excluding hydrogens is 663 g/mol. The summed E-state index contributed by atoms with van der Waals surface area (Å²) in [5, 5.41) is 21.4. The van der Waals surface area contributed by atoms with Crippen LogP contribution in [-0.4, -0.2) is 40.0 Å². The molecule has 0 aliphatic carbocycles. The van der Waals surface area contributed by atoms with Crippen LogP contribution < -0.4 is 20.7 Å². The van der Waals surface area contributed by atoms with Crippen LogP contribution in [0.3, 0.4) is 0 Å². The summed E-state index contributed by atoms with van der Waals surface area (Å²) >= 11 is 2.69. The highest BCUT2D eigenvalue weighted by molar-refractivity contribution is 8.00. The van der Waals surface area contributed by atoms with Crippen molar-refractivity contribution in [3.63, 3.8) is 0 Å². The SMILES string of the molecule is CCC(Sc1cccc(NC(=O)/C(=C\c2ccc([N+](=O)[O-])cc2)NC(=O)c2ccccc2)c1)C(=O)Nc1nc(-c2ccc(OC)cc2)cs1. The first kappa shape index (κ1) is 34.5. The van der Waals surface area contributed by atoms with Gasteiger partial charge in [0.25, 0.3) is 17.5 Å². The first-order valence-electron chi connectivity index (χ1n) is 15.0. The molecule has 1 atom stereocenters. The summed E-state index contributed by atoms with van der Waals surface area (Å²) in [6, 6.07) is 28.6. The lowest BCUT2D eigenvalue weighted by atomic mass is 10.1. The number of methoxy groups -OCH3 is 1. The molecule has 3 amide bonds. The van der Waals surface area contributed by atoms with Crippen molar-refractivity contribution in [1.82, 2.24) is 10.3 Å². The molecule has 1 aromatic heterocycles. The van der Waals surface area contributed by atoms with E-state index in [2.05, 4.69) is 20.9 Å². The van der Waals surface area contributed by atoms with E-state index in [0.29, 0.717) is 28.4 Å². The van der Waals surface area contributed by atoms with Gasteiger partial charge in [0, 0.05) is 39.2 Å². The largest absolute Gasteiger partial charge is 0.497 e. The molecule has 3 N–H and O–H groups in total. The Labute approximate surface area is 290 Å². The summed E-state index contributed by atoms with van der Waals surface area (Å²) < 4.78 is 5.21. The van der Waals surface area contributed by atoms with E-state index in [4.69, 9.17) is 4.74 Å². The topological polar surface area (TPSA) is 153 Å². The third-order valence-electron chi connectivity index (χ3n) is 7.10. The van der Waals surface area contributed by atoms with Gasteiger partial charge in [0.05, 0.1) is 23.0 Å². The molecule has 5 aromatic rings. The van der Waals surface area contributed by atoms with Crippen LogP contribution in [0, 0.1) is 10.1 Å². The maximum Gasteiger partial charge on any atom is 0.272 e. The van der Waals surface area contributed by atoms with Gasteiger partial charge in [-0.1, -0.05) is 31.2 Å². The third kappa shape index (κ3) is 9.40. The second-order valence-electron chi connectivity index (χ2n) is 10.5. The summed E-state index contributed by atoms with van der Waals surface area (Å²) in [5.74, 6) is -0.560. The fourth-order valence-corrected chi connectivity index (χ4v) is 6.28. The number of nitro groups is 1. The summed E-state index contributed by atoms with van der Waals surface area (Å²) in [7, 11) is 1.61. The second-order valence-corrected chi connectivity index (χ2v) is 12.6. The minimum Gasteiger partial charge on any atom is -0.497 e. The minimum atomic E-state index is -0.606. The van der Waals surface area contributed by atoms with Crippen molar-refractivity contribution in [3.8, 4) is 17.0 Å². The lowest BCUT2D eigenvalue weighted by Crippen LogP contribution is -2.30. The Morgan fingerprint density at radius 3 is 2.37 bits per heavy atom. The molecule has 0 spiro atoms. The Kier molecular flexibility index (Phi) is 11.5. The van der Waals surface area contributed by atoms with E-state index in [1.807, 2.05) is 42.6 Å². The number of rotatable bonds is 13. The number of benzene rings is 4. The molecule has 5 rings (SSSR count). The molecule has 1 heterocycles. The number of hydrogen-bond donors (Lipinski definition) is 3. The predicted molar refractivity (Wildman–Crippen MR) is 193 cm³/mol. The van der Waals surface area contributed by atoms with Crippen LogP contribution in [0.25, 0.3) is 17.3 Å². The van der Waals surface area contributed by atoms with Gasteiger partial charge in [-0.15, -0.1) is 23.1 Å². The van der Waals surface area contributed by atoms with Crippen molar-refractivity contribution in [2.75, 3.05) is 17.7 Å². The molecule has 49 heavy (non-hydrogen) atoms. The molecule has 13 heteroatoms. The van der Waals surface area contributed by atoms with E-state index >= 15 is 0 Å². The number of carbonyl (C=O) groups excluding carboxylic acids is 3. The molecule has 0 fully saturated rings. The number of nitrogens with one attached hydrogen (secondary N) is 3. The number of non-ortho nitro benzene ring substituents is 1. The number of aromatic nitrogens is 1. The van der Waals surface area contributed by atoms with Crippen molar-refractivity contribution in [3.05, 3.63) is 135 Å². The number of nitro benzene ring substituents is 1. The molecule has 0 saturated heterocycles. The molecule has 0 aliphatic heterocycles. The van der Waals surface area contributed by atoms with Crippen molar-refractivity contribution >= 4 is 63.4 Å². The summed E-state index contributed by atoms with van der Waals surface area (Å²) in [5.41, 5.74) is 2.75. The Bertz CT molecular complexity index is 1980. The van der Waals surface area contributed by atoms with Crippen molar-refractivity contribution in [2.24, 2.45) is 0 Å². The average Bonchev–Trinajstić information content (AvgIpc) is 3.59. The zero-order valence-corrected chi connectivity index (χ0v) is 28.0. The molecule has 1 unspecified atom stereocenters. The van der Waals surface area contributed by atoms with Crippen LogP contribution in [0.15, 0.2) is 119 Å². The van der Waals surface area contributed by atoms with E-state index < -0.39 is 22.0 Å². The van der Waals surface area contributed by atoms with Gasteiger partial charge in [0.2, 0.25) is 5.91 Å². The van der Waals surface area contributed by atoms with Crippen molar-refractivity contribution in [1.29, 1.82) is 0 Å². The summed E-state index contributed by atoms with van der Waals surface area (Å²) in [6.07, 6.45) is 1.98. The highest BCUT2D eigenvalue weighted by atomic mass is 32.2. The number of ether oxygens (including phenoxy) is 1. The third-order valence-corrected chi connectivity index (χ3v) is 9.21. The van der Waals surface area contributed by atoms with E-state index in [0.717, 1.165) is 21.9 Å². The summed E-state index contributed by atoms with van der Waals surface area (Å²) in [4.78, 5) is 55.6. The Balaban J connectivity index is 1.27. The van der Waals surface area contributed by atoms with E-state index in [1.165, 1.54) is 53.4 Å². The van der Waals surface area contributed by atoms with Gasteiger partial charge in [0.1, 0.15) is 11.4 Å². The quantitative estimate of drug-likeness (QED) is 0.0492. The minimum absolute atomic E-state index is 0.0657. The molecule has 0 radical (unpaired) electrons. The van der Waals surface area contributed by atoms with Crippen molar-refractivity contribution < 1.29 is 24.0 Å². The lowest BCUT2D eigenvalue weighted by Gasteiger charge is -2.15. The number of anilines is 2. The van der Waals surface area contributed by atoms with E-state index in [1.54, 1.807) is 55.6 Å². The maximum absolute atomic E-state index is 13.5. The fraction of sp³-hybridized carbons (Fsp3) is 0.111. The van der Waals surface area contributed by atoms with Gasteiger partial charge in [-0.3, -0.25) is 24.5 Å². The fourth-order valence-electron chi connectivity index (χ4n) is 4.54. The Morgan fingerprint density at radius 1 is 0.959 bits per heavy atom. The zero-order chi connectivity index (χ0) is 34.8. The maximum atomic E-state index is 13.5. The number of carbonyl (C=O) groups is 3. The van der Waals surface area contributed by atoms with Crippen molar-refractivity contribution in [2.45, 2.75) is 23.5 Å². The zero-order valence-electron chi connectivity index (χ0n) is 26.4. The normalized spacial score (nSPS) is 11.7. The van der Waals surface area contributed by atoms with Gasteiger partial charge in [-0.05, 0) is 84.8 Å². The van der Waals surface area contributed by atoms with Gasteiger partial charge in [-0.2, -0.15) is 0 Å². The molecular formula is C36H31N5O6S2. The Morgan fingerprint density at radius 2 is 1.69 bits per heavy atom. The molecule has 0 saturated carbocycles. The summed E-state index contributed by atoms with van der Waals surface area (Å²) in [6.45, 7) is 1.91. The van der Waals surface area contributed by atoms with Gasteiger partial charge >= 0.3 is 0 Å². The van der Waals surface area contributed by atoms with Gasteiger partial charge < -0.3 is 20.7 Å². The van der Waals surface area contributed by atoms with Gasteiger partial charge in [0.15, 0.2) is 5.13 Å². The molecule has 248 valence electrons. The second kappa shape index (κ2) is 16.4. The number of hydrogen-bond acceptors (Lipinski definition) is 9. The monoisotopic (exact) mass is 693 g/mol. The molecule has 11 nitrogen and oxygen atoms in total. The van der Waals surface area contributed by atoms with Crippen LogP contribution in [0.2, 0.25) is 0 Å². The number of amides is 3. The number of thioether (sulfide) groups is 1. The lowest BCUT2D eigenvalue weighted by molar-refractivity contribution is -0.384. The molecule has 4 aromatic carbocycles. The first-order chi connectivity index (χ1) is 23.7. The number of nitrogens with zero attached hydrogens (tertiary/aromatic N) is 2. The number of thiazole rings is 1. The highest BCUT2D eigenvalue weighted by Gasteiger charge is 2.21. The van der Waals surface area contributed by atoms with Crippen LogP contribution >= 0.6 is 23.1 Å². The predicted octanol–water partition coefficient (Wildman–Crippen LogP) is 7.65. The van der Waals surface area contributed by atoms with Crippen LogP contribution in [0.4, 0.5) is 16.5 Å². The highest BCUT2D eigenvalue weighted by Crippen LogP contribution is 2.31. The van der Waals surface area contributed by atoms with Gasteiger partial charge in [-0.25, -0.2) is 4.98 Å². The van der Waals surface area contributed by atoms with Crippen LogP contribution in [0.1, 0.15) is 29.3 Å². The first-order valence-corrected chi connectivity index (χ1v) is 16.8. The van der Waals surface area contributed by atoms with Crippen LogP contribution in [-0.2, 0) is 9.59 Å². The van der Waals surface area contributed by atoms with E-state index in [9.17, 15) is 24.5 Å².